The Balaban J connectivity index is 2.11. The normalized spacial score (nSPS) is 16.9. The van der Waals surface area contributed by atoms with Gasteiger partial charge in [0.05, 0.1) is 0 Å². The molecule has 1 aliphatic heterocycles. The van der Waals surface area contributed by atoms with Crippen molar-refractivity contribution in [2.24, 2.45) is 0 Å². The van der Waals surface area contributed by atoms with E-state index >= 15 is 0 Å². The predicted octanol–water partition coefficient (Wildman–Crippen LogP) is 0.826. The van der Waals surface area contributed by atoms with Gasteiger partial charge >= 0.3 is 0 Å². The Morgan fingerprint density at radius 1 is 1.38 bits per heavy atom. The lowest BCUT2D eigenvalue weighted by atomic mass is 10.2. The van der Waals surface area contributed by atoms with Gasteiger partial charge in [-0.15, -0.1) is 0 Å². The summed E-state index contributed by atoms with van der Waals surface area (Å²) in [5.74, 6) is 0.0485. The fourth-order valence-electron chi connectivity index (χ4n) is 1.87. The van der Waals surface area contributed by atoms with Crippen LogP contribution in [-0.2, 0) is 0 Å². The van der Waals surface area contributed by atoms with E-state index in [9.17, 15) is 4.79 Å². The van der Waals surface area contributed by atoms with Crippen LogP contribution in [0.1, 0.15) is 22.6 Å². The van der Waals surface area contributed by atoms with Crippen LogP contribution in [0.15, 0.2) is 18.2 Å². The Kier molecular flexibility index (Phi) is 3.51. The molecule has 0 aromatic carbocycles. The second kappa shape index (κ2) is 5.07. The summed E-state index contributed by atoms with van der Waals surface area (Å²) < 4.78 is 0. The van der Waals surface area contributed by atoms with E-state index in [1.54, 1.807) is 6.07 Å². The van der Waals surface area contributed by atoms with E-state index in [4.69, 9.17) is 0 Å². The SMILES string of the molecule is Cc1cccc(C(=O)N2CCCNCC2)n1. The van der Waals surface area contributed by atoms with Crippen molar-refractivity contribution in [3.8, 4) is 0 Å². The summed E-state index contributed by atoms with van der Waals surface area (Å²) in [4.78, 5) is 18.3. The monoisotopic (exact) mass is 219 g/mol. The summed E-state index contributed by atoms with van der Waals surface area (Å²) in [5, 5.41) is 3.28. The number of hydrogen-bond acceptors (Lipinski definition) is 3. The van der Waals surface area contributed by atoms with Gasteiger partial charge in [-0.2, -0.15) is 0 Å². The molecule has 0 radical (unpaired) electrons. The van der Waals surface area contributed by atoms with Gasteiger partial charge in [0, 0.05) is 25.3 Å². The number of nitrogens with zero attached hydrogens (tertiary/aromatic N) is 2. The molecule has 2 heterocycles. The van der Waals surface area contributed by atoms with Crippen molar-refractivity contribution in [2.45, 2.75) is 13.3 Å². The zero-order valence-corrected chi connectivity index (χ0v) is 9.57. The minimum Gasteiger partial charge on any atom is -0.336 e. The second-order valence-electron chi connectivity index (χ2n) is 4.06. The number of hydrogen-bond donors (Lipinski definition) is 1. The first-order valence-electron chi connectivity index (χ1n) is 5.71. The molecule has 1 fully saturated rings. The Labute approximate surface area is 95.7 Å². The van der Waals surface area contributed by atoms with Crippen molar-refractivity contribution >= 4 is 5.91 Å². The molecule has 0 aliphatic carbocycles. The van der Waals surface area contributed by atoms with Crippen LogP contribution in [0.4, 0.5) is 0 Å². The maximum Gasteiger partial charge on any atom is 0.272 e. The molecule has 0 atom stereocenters. The summed E-state index contributed by atoms with van der Waals surface area (Å²) in [7, 11) is 0. The van der Waals surface area contributed by atoms with Crippen LogP contribution in [0, 0.1) is 6.92 Å². The van der Waals surface area contributed by atoms with E-state index in [0.29, 0.717) is 5.69 Å². The third-order valence-corrected chi connectivity index (χ3v) is 2.73. The molecule has 86 valence electrons. The van der Waals surface area contributed by atoms with Gasteiger partial charge in [-0.3, -0.25) is 4.79 Å². The van der Waals surface area contributed by atoms with E-state index in [1.165, 1.54) is 0 Å². The standard InChI is InChI=1S/C12H17N3O/c1-10-4-2-5-11(14-10)12(16)15-8-3-6-13-7-9-15/h2,4-5,13H,3,6-9H2,1H3. The third-order valence-electron chi connectivity index (χ3n) is 2.73. The van der Waals surface area contributed by atoms with Crippen LogP contribution < -0.4 is 5.32 Å². The minimum absolute atomic E-state index is 0.0485. The summed E-state index contributed by atoms with van der Waals surface area (Å²) in [5.41, 5.74) is 1.45. The smallest absolute Gasteiger partial charge is 0.272 e. The number of aryl methyl sites for hydroxylation is 1. The largest absolute Gasteiger partial charge is 0.336 e. The zero-order valence-electron chi connectivity index (χ0n) is 9.57. The van der Waals surface area contributed by atoms with Gasteiger partial charge in [0.25, 0.3) is 5.91 Å². The molecule has 2 rings (SSSR count). The molecule has 0 bridgehead atoms. The molecular formula is C12H17N3O. The summed E-state index contributed by atoms with van der Waals surface area (Å²) in [6.45, 7) is 5.36. The zero-order chi connectivity index (χ0) is 11.4. The van der Waals surface area contributed by atoms with Gasteiger partial charge < -0.3 is 10.2 Å². The van der Waals surface area contributed by atoms with Crippen LogP contribution in [0.25, 0.3) is 0 Å². The second-order valence-corrected chi connectivity index (χ2v) is 4.06. The Hall–Kier alpha value is -1.42. The summed E-state index contributed by atoms with van der Waals surface area (Å²) in [6, 6.07) is 5.57. The molecule has 1 amide bonds. The summed E-state index contributed by atoms with van der Waals surface area (Å²) in [6.07, 6.45) is 1.01. The van der Waals surface area contributed by atoms with Gasteiger partial charge in [-0.1, -0.05) is 6.07 Å². The lowest BCUT2D eigenvalue weighted by Gasteiger charge is -2.19. The van der Waals surface area contributed by atoms with Gasteiger partial charge in [-0.05, 0) is 32.0 Å². The number of carbonyl (C=O) groups excluding carboxylic acids is 1. The number of rotatable bonds is 1. The molecule has 0 unspecified atom stereocenters. The van der Waals surface area contributed by atoms with Crippen LogP contribution in [0.2, 0.25) is 0 Å². The van der Waals surface area contributed by atoms with E-state index in [-0.39, 0.29) is 5.91 Å². The number of carbonyl (C=O) groups is 1. The fraction of sp³-hybridized carbons (Fsp3) is 0.500. The van der Waals surface area contributed by atoms with Crippen LogP contribution >= 0.6 is 0 Å². The molecule has 4 heteroatoms. The highest BCUT2D eigenvalue weighted by Crippen LogP contribution is 2.05. The molecule has 1 aromatic heterocycles. The van der Waals surface area contributed by atoms with Gasteiger partial charge in [0.1, 0.15) is 5.69 Å². The lowest BCUT2D eigenvalue weighted by molar-refractivity contribution is 0.0760. The van der Waals surface area contributed by atoms with Crippen LogP contribution in [0.5, 0.6) is 0 Å². The molecule has 1 N–H and O–H groups in total. The maximum absolute atomic E-state index is 12.1. The van der Waals surface area contributed by atoms with Crippen LogP contribution in [-0.4, -0.2) is 42.0 Å². The van der Waals surface area contributed by atoms with Gasteiger partial charge in [0.2, 0.25) is 0 Å². The molecule has 4 nitrogen and oxygen atoms in total. The first-order chi connectivity index (χ1) is 7.77. The number of nitrogens with one attached hydrogen (secondary N) is 1. The molecule has 16 heavy (non-hydrogen) atoms. The molecule has 0 saturated carbocycles. The molecule has 1 saturated heterocycles. The topological polar surface area (TPSA) is 45.2 Å². The number of pyridine rings is 1. The number of aromatic nitrogens is 1. The molecule has 0 spiro atoms. The van der Waals surface area contributed by atoms with Crippen LogP contribution in [0.3, 0.4) is 0 Å². The first kappa shape index (κ1) is 11.1. The molecular weight excluding hydrogens is 202 g/mol. The molecule has 1 aliphatic rings. The van der Waals surface area contributed by atoms with E-state index in [2.05, 4.69) is 10.3 Å². The van der Waals surface area contributed by atoms with Crippen molar-refractivity contribution in [2.75, 3.05) is 26.2 Å². The average molecular weight is 219 g/mol. The number of amides is 1. The summed E-state index contributed by atoms with van der Waals surface area (Å²) >= 11 is 0. The quantitative estimate of drug-likeness (QED) is 0.760. The van der Waals surface area contributed by atoms with Crippen molar-refractivity contribution in [1.29, 1.82) is 0 Å². The van der Waals surface area contributed by atoms with Crippen molar-refractivity contribution in [1.82, 2.24) is 15.2 Å². The highest BCUT2D eigenvalue weighted by Gasteiger charge is 2.17. The highest BCUT2D eigenvalue weighted by atomic mass is 16.2. The van der Waals surface area contributed by atoms with E-state index in [1.807, 2.05) is 24.0 Å². The average Bonchev–Trinajstić information content (AvgIpc) is 2.56. The molecule has 1 aromatic rings. The van der Waals surface area contributed by atoms with Crippen molar-refractivity contribution < 1.29 is 4.79 Å². The lowest BCUT2D eigenvalue weighted by Crippen LogP contribution is -2.34. The first-order valence-corrected chi connectivity index (χ1v) is 5.71. The Morgan fingerprint density at radius 3 is 3.06 bits per heavy atom. The highest BCUT2D eigenvalue weighted by molar-refractivity contribution is 5.92. The predicted molar refractivity (Wildman–Crippen MR) is 62.4 cm³/mol. The van der Waals surface area contributed by atoms with E-state index < -0.39 is 0 Å². The van der Waals surface area contributed by atoms with Crippen molar-refractivity contribution in [3.63, 3.8) is 0 Å². The fourth-order valence-corrected chi connectivity index (χ4v) is 1.87. The van der Waals surface area contributed by atoms with Gasteiger partial charge in [0.15, 0.2) is 0 Å². The Morgan fingerprint density at radius 2 is 2.25 bits per heavy atom. The van der Waals surface area contributed by atoms with E-state index in [0.717, 1.165) is 38.3 Å². The Bertz CT molecular complexity index is 370. The van der Waals surface area contributed by atoms with Gasteiger partial charge in [-0.25, -0.2) is 4.98 Å². The maximum atomic E-state index is 12.1. The van der Waals surface area contributed by atoms with Crippen molar-refractivity contribution in [3.05, 3.63) is 29.6 Å². The third kappa shape index (κ3) is 2.58. The minimum atomic E-state index is 0.0485.